The lowest BCUT2D eigenvalue weighted by Crippen LogP contribution is -2.53. The Hall–Kier alpha value is -2.49. The summed E-state index contributed by atoms with van der Waals surface area (Å²) in [6.45, 7) is 5.29. The fourth-order valence-corrected chi connectivity index (χ4v) is 6.86. The number of hydrogen-bond donors (Lipinski definition) is 2. The van der Waals surface area contributed by atoms with Gasteiger partial charge in [0.1, 0.15) is 16.7 Å². The molecule has 4 rings (SSSR count). The molecule has 2 fully saturated rings. The number of aliphatic hydroxyl groups is 1. The van der Waals surface area contributed by atoms with Crippen LogP contribution in [0.15, 0.2) is 53.5 Å². The first-order chi connectivity index (χ1) is 16.6. The highest BCUT2D eigenvalue weighted by atomic mass is 32.2. The number of nitrogens with zero attached hydrogens (tertiary/aromatic N) is 2. The summed E-state index contributed by atoms with van der Waals surface area (Å²) in [7, 11) is -1.77. The van der Waals surface area contributed by atoms with Gasteiger partial charge in [-0.25, -0.2) is 22.5 Å². The van der Waals surface area contributed by atoms with Crippen molar-refractivity contribution in [1.82, 2.24) is 9.62 Å². The van der Waals surface area contributed by atoms with Gasteiger partial charge in [0.15, 0.2) is 0 Å². The molecule has 35 heavy (non-hydrogen) atoms. The SMILES string of the molecule is CN1CCC(c2ccc(C3C(C)(C)OC(=N[C@@H](CCO)c4ccccc4F)NS3(=O)=O)cc2)CC1. The van der Waals surface area contributed by atoms with Gasteiger partial charge in [-0.3, -0.25) is 0 Å². The average Bonchev–Trinajstić information content (AvgIpc) is 2.79. The number of halogens is 1. The lowest BCUT2D eigenvalue weighted by Gasteiger charge is -2.39. The molecule has 2 aromatic carbocycles. The number of piperidine rings is 1. The first-order valence-electron chi connectivity index (χ1n) is 12.0. The van der Waals surface area contributed by atoms with E-state index in [1.54, 1.807) is 32.0 Å². The second-order valence-electron chi connectivity index (χ2n) is 9.96. The van der Waals surface area contributed by atoms with Crippen LogP contribution in [-0.4, -0.2) is 56.8 Å². The van der Waals surface area contributed by atoms with E-state index in [-0.39, 0.29) is 24.6 Å². The van der Waals surface area contributed by atoms with Crippen molar-refractivity contribution in [2.45, 2.75) is 55.9 Å². The van der Waals surface area contributed by atoms with Crippen molar-refractivity contribution in [3.8, 4) is 0 Å². The normalized spacial score (nSPS) is 24.5. The molecule has 2 aliphatic rings. The van der Waals surface area contributed by atoms with E-state index in [2.05, 4.69) is 21.7 Å². The first-order valence-corrected chi connectivity index (χ1v) is 13.6. The van der Waals surface area contributed by atoms with Crippen LogP contribution in [0.2, 0.25) is 0 Å². The minimum atomic E-state index is -3.90. The zero-order valence-electron chi connectivity index (χ0n) is 20.4. The van der Waals surface area contributed by atoms with E-state index in [4.69, 9.17) is 4.74 Å². The zero-order valence-corrected chi connectivity index (χ0v) is 21.3. The van der Waals surface area contributed by atoms with Crippen LogP contribution >= 0.6 is 0 Å². The van der Waals surface area contributed by atoms with Gasteiger partial charge < -0.3 is 14.7 Å². The third kappa shape index (κ3) is 5.68. The van der Waals surface area contributed by atoms with E-state index in [0.717, 1.165) is 25.9 Å². The monoisotopic (exact) mass is 503 g/mol. The maximum atomic E-state index is 14.4. The fraction of sp³-hybridized carbons (Fsp3) is 0.500. The van der Waals surface area contributed by atoms with Gasteiger partial charge in [-0.05, 0) is 76.4 Å². The molecule has 2 N–H and O–H groups in total. The second-order valence-corrected chi connectivity index (χ2v) is 11.7. The molecule has 0 aromatic heterocycles. The van der Waals surface area contributed by atoms with Gasteiger partial charge in [0, 0.05) is 12.2 Å². The molecule has 2 aromatic rings. The molecule has 190 valence electrons. The number of ether oxygens (including phenoxy) is 1. The molecule has 2 aliphatic heterocycles. The van der Waals surface area contributed by atoms with Crippen LogP contribution in [-0.2, 0) is 14.8 Å². The van der Waals surface area contributed by atoms with Crippen LogP contribution in [0.5, 0.6) is 0 Å². The van der Waals surface area contributed by atoms with Crippen LogP contribution in [0, 0.1) is 5.82 Å². The summed E-state index contributed by atoms with van der Waals surface area (Å²) in [5.41, 5.74) is 0.998. The Morgan fingerprint density at radius 1 is 1.14 bits per heavy atom. The predicted molar refractivity (Wildman–Crippen MR) is 134 cm³/mol. The Kier molecular flexibility index (Phi) is 7.49. The van der Waals surface area contributed by atoms with Crippen molar-refractivity contribution in [1.29, 1.82) is 0 Å². The largest absolute Gasteiger partial charge is 0.457 e. The standard InChI is InChI=1S/C26H34FN3O4S/c1-26(2)24(20-10-8-18(9-11-20)19-12-15-30(3)16-13-19)35(32,33)29-25(34-26)28-23(14-17-31)21-6-4-5-7-22(21)27/h4-11,19,23-24,31H,12-17H2,1-3H3,(H,28,29)/t23-,24?/m0/s1. The number of aliphatic imine (C=N–C) groups is 1. The Labute approximate surface area is 207 Å². The molecule has 0 spiro atoms. The molecule has 2 heterocycles. The second kappa shape index (κ2) is 10.2. The van der Waals surface area contributed by atoms with Crippen LogP contribution in [0.1, 0.15) is 67.0 Å². The molecule has 0 saturated carbocycles. The van der Waals surface area contributed by atoms with E-state index in [0.29, 0.717) is 11.5 Å². The summed E-state index contributed by atoms with van der Waals surface area (Å²) in [6, 6.07) is 12.9. The third-order valence-corrected chi connectivity index (χ3v) is 8.82. The minimum absolute atomic E-state index is 0.123. The highest BCUT2D eigenvalue weighted by Crippen LogP contribution is 2.40. The smallest absolute Gasteiger partial charge is 0.299 e. The fourth-order valence-electron chi connectivity index (χ4n) is 5.09. The predicted octanol–water partition coefficient (Wildman–Crippen LogP) is 3.88. The number of aliphatic hydroxyl groups excluding tert-OH is 1. The first kappa shape index (κ1) is 25.6. The van der Waals surface area contributed by atoms with Gasteiger partial charge in [0.25, 0.3) is 6.02 Å². The van der Waals surface area contributed by atoms with Crippen molar-refractivity contribution in [3.63, 3.8) is 0 Å². The molecule has 7 nitrogen and oxygen atoms in total. The maximum absolute atomic E-state index is 14.4. The Morgan fingerprint density at radius 3 is 2.37 bits per heavy atom. The number of rotatable bonds is 6. The summed E-state index contributed by atoms with van der Waals surface area (Å²) < 4.78 is 49.6. The molecule has 1 unspecified atom stereocenters. The molecule has 0 amide bonds. The van der Waals surface area contributed by atoms with Crippen molar-refractivity contribution in [2.75, 3.05) is 26.7 Å². The lowest BCUT2D eigenvalue weighted by atomic mass is 9.88. The van der Waals surface area contributed by atoms with Crippen LogP contribution < -0.4 is 4.72 Å². The van der Waals surface area contributed by atoms with Gasteiger partial charge >= 0.3 is 0 Å². The number of likely N-dealkylation sites (tertiary alicyclic amines) is 1. The minimum Gasteiger partial charge on any atom is -0.457 e. The van der Waals surface area contributed by atoms with Crippen LogP contribution in [0.25, 0.3) is 0 Å². The van der Waals surface area contributed by atoms with Crippen molar-refractivity contribution in [3.05, 3.63) is 71.0 Å². The molecule has 9 heteroatoms. The van der Waals surface area contributed by atoms with Crippen molar-refractivity contribution >= 4 is 16.0 Å². The summed E-state index contributed by atoms with van der Waals surface area (Å²) >= 11 is 0. The number of nitrogens with one attached hydrogen (secondary N) is 1. The number of hydrogen-bond acceptors (Lipinski definition) is 6. The number of amidine groups is 1. The summed E-state index contributed by atoms with van der Waals surface area (Å²) in [4.78, 5) is 6.68. The topological polar surface area (TPSA) is 91.2 Å². The van der Waals surface area contributed by atoms with E-state index in [9.17, 15) is 17.9 Å². The van der Waals surface area contributed by atoms with E-state index < -0.39 is 32.7 Å². The quantitative estimate of drug-likeness (QED) is 0.624. The van der Waals surface area contributed by atoms with Crippen LogP contribution in [0.4, 0.5) is 4.39 Å². The highest BCUT2D eigenvalue weighted by Gasteiger charge is 2.48. The molecule has 0 aliphatic carbocycles. The third-order valence-electron chi connectivity index (χ3n) is 6.90. The van der Waals surface area contributed by atoms with Crippen LogP contribution in [0.3, 0.4) is 0 Å². The van der Waals surface area contributed by atoms with Gasteiger partial charge in [-0.2, -0.15) is 0 Å². The average molecular weight is 504 g/mol. The van der Waals surface area contributed by atoms with E-state index in [1.807, 2.05) is 24.3 Å². The van der Waals surface area contributed by atoms with E-state index >= 15 is 0 Å². The Morgan fingerprint density at radius 2 is 1.77 bits per heavy atom. The molecule has 2 atom stereocenters. The Bertz CT molecular complexity index is 1160. The maximum Gasteiger partial charge on any atom is 0.299 e. The van der Waals surface area contributed by atoms with Crippen molar-refractivity contribution < 1.29 is 22.7 Å². The van der Waals surface area contributed by atoms with Crippen molar-refractivity contribution in [2.24, 2.45) is 4.99 Å². The number of sulfonamides is 1. The van der Waals surface area contributed by atoms with E-state index in [1.165, 1.54) is 11.6 Å². The van der Waals surface area contributed by atoms with Gasteiger partial charge in [-0.1, -0.05) is 42.5 Å². The van der Waals surface area contributed by atoms with Gasteiger partial charge in [0.05, 0.1) is 6.04 Å². The highest BCUT2D eigenvalue weighted by molar-refractivity contribution is 7.90. The summed E-state index contributed by atoms with van der Waals surface area (Å²) in [6.07, 6.45) is 2.30. The Balaban J connectivity index is 1.58. The molecule has 0 bridgehead atoms. The summed E-state index contributed by atoms with van der Waals surface area (Å²) in [5, 5.41) is 8.52. The summed E-state index contributed by atoms with van der Waals surface area (Å²) in [5.74, 6) is 0.00183. The number of benzene rings is 2. The lowest BCUT2D eigenvalue weighted by molar-refractivity contribution is 0.0758. The van der Waals surface area contributed by atoms with Gasteiger partial charge in [-0.15, -0.1) is 0 Å². The molecule has 2 saturated heterocycles. The molecular weight excluding hydrogens is 469 g/mol. The molecular formula is C26H34FN3O4S. The van der Waals surface area contributed by atoms with Gasteiger partial charge in [0.2, 0.25) is 10.0 Å². The zero-order chi connectivity index (χ0) is 25.2. The molecule has 0 radical (unpaired) electrons.